The third-order valence-electron chi connectivity index (χ3n) is 3.49. The summed E-state index contributed by atoms with van der Waals surface area (Å²) in [5.74, 6) is -0.426. The summed E-state index contributed by atoms with van der Waals surface area (Å²) in [5.41, 5.74) is 0.429. The van der Waals surface area contributed by atoms with Gasteiger partial charge in [-0.25, -0.2) is 22.9 Å². The van der Waals surface area contributed by atoms with E-state index in [-0.39, 0.29) is 28.7 Å². The maximum atomic E-state index is 12.5. The first-order valence-electron chi connectivity index (χ1n) is 7.46. The molecule has 1 aliphatic rings. The van der Waals surface area contributed by atoms with Gasteiger partial charge in [0.15, 0.2) is 11.5 Å². The van der Waals surface area contributed by atoms with E-state index in [4.69, 9.17) is 14.6 Å². The number of thiazole rings is 1. The molecule has 0 spiro atoms. The summed E-state index contributed by atoms with van der Waals surface area (Å²) in [6.07, 6.45) is 0.296. The molecule has 0 bridgehead atoms. The number of carbonyl (C=O) groups is 1. The molecule has 0 amide bonds. The fourth-order valence-electron chi connectivity index (χ4n) is 2.39. The zero-order valence-corrected chi connectivity index (χ0v) is 14.9. The van der Waals surface area contributed by atoms with Gasteiger partial charge in [0.1, 0.15) is 23.0 Å². The van der Waals surface area contributed by atoms with Crippen LogP contribution in [0.1, 0.15) is 20.4 Å². The summed E-state index contributed by atoms with van der Waals surface area (Å²) < 4.78 is 38.3. The van der Waals surface area contributed by atoms with Crippen LogP contribution in [0.25, 0.3) is 0 Å². The number of fused-ring (bicyclic) bond motifs is 1. The molecule has 134 valence electrons. The smallest absolute Gasteiger partial charge is 0.347 e. The van der Waals surface area contributed by atoms with Crippen LogP contribution in [-0.4, -0.2) is 44.2 Å². The number of hydrogen-bond acceptors (Lipinski definition) is 7. The van der Waals surface area contributed by atoms with E-state index in [9.17, 15) is 13.2 Å². The monoisotopic (exact) mass is 384 g/mol. The van der Waals surface area contributed by atoms with Crippen LogP contribution >= 0.6 is 11.3 Å². The highest BCUT2D eigenvalue weighted by Crippen LogP contribution is 2.36. The Bertz CT molecular complexity index is 907. The van der Waals surface area contributed by atoms with E-state index in [0.717, 1.165) is 11.3 Å². The Morgan fingerprint density at radius 2 is 2.12 bits per heavy atom. The molecular weight excluding hydrogens is 368 g/mol. The van der Waals surface area contributed by atoms with Crippen LogP contribution < -0.4 is 14.2 Å². The van der Waals surface area contributed by atoms with Crippen LogP contribution in [0.5, 0.6) is 11.5 Å². The van der Waals surface area contributed by atoms with Crippen LogP contribution in [0.15, 0.2) is 23.1 Å². The zero-order valence-electron chi connectivity index (χ0n) is 13.3. The molecule has 0 unspecified atom stereocenters. The third kappa shape index (κ3) is 3.75. The van der Waals surface area contributed by atoms with E-state index in [2.05, 4.69) is 9.71 Å². The number of carboxylic acids is 1. The maximum Gasteiger partial charge on any atom is 0.347 e. The van der Waals surface area contributed by atoms with Gasteiger partial charge >= 0.3 is 5.97 Å². The summed E-state index contributed by atoms with van der Waals surface area (Å²) >= 11 is 1.05. The Morgan fingerprint density at radius 1 is 1.36 bits per heavy atom. The highest BCUT2D eigenvalue weighted by Gasteiger charge is 2.25. The van der Waals surface area contributed by atoms with Gasteiger partial charge in [-0.05, 0) is 19.1 Å². The zero-order chi connectivity index (χ0) is 18.0. The predicted octanol–water partition coefficient (Wildman–Crippen LogP) is 1.44. The van der Waals surface area contributed by atoms with Crippen molar-refractivity contribution < 1.29 is 27.8 Å². The fraction of sp³-hybridized carbons (Fsp3) is 0.333. The van der Waals surface area contributed by atoms with Crippen molar-refractivity contribution in [3.8, 4) is 11.5 Å². The first-order valence-corrected chi connectivity index (χ1v) is 9.76. The van der Waals surface area contributed by atoms with Crippen molar-refractivity contribution in [3.05, 3.63) is 33.8 Å². The minimum atomic E-state index is -3.79. The van der Waals surface area contributed by atoms with Gasteiger partial charge in [0.2, 0.25) is 10.0 Å². The molecule has 8 nitrogen and oxygen atoms in total. The summed E-state index contributed by atoms with van der Waals surface area (Å²) in [4.78, 5) is 15.4. The van der Waals surface area contributed by atoms with Crippen molar-refractivity contribution in [1.29, 1.82) is 0 Å². The molecule has 0 atom stereocenters. The number of benzene rings is 1. The minimum Gasteiger partial charge on any atom is -0.486 e. The lowest BCUT2D eigenvalue weighted by molar-refractivity contribution is 0.0701. The third-order valence-corrected chi connectivity index (χ3v) is 6.18. The lowest BCUT2D eigenvalue weighted by Gasteiger charge is -2.20. The molecule has 25 heavy (non-hydrogen) atoms. The first-order chi connectivity index (χ1) is 11.9. The van der Waals surface area contributed by atoms with Crippen molar-refractivity contribution >= 4 is 27.3 Å². The van der Waals surface area contributed by atoms with E-state index in [1.54, 1.807) is 19.1 Å². The van der Waals surface area contributed by atoms with Gasteiger partial charge in [0.05, 0.1) is 10.7 Å². The Morgan fingerprint density at radius 3 is 2.84 bits per heavy atom. The Hall–Kier alpha value is -2.17. The summed E-state index contributed by atoms with van der Waals surface area (Å²) in [6, 6.07) is 4.69. The lowest BCUT2D eigenvalue weighted by Crippen LogP contribution is -2.27. The lowest BCUT2D eigenvalue weighted by atomic mass is 10.3. The number of aryl methyl sites for hydroxylation is 1. The summed E-state index contributed by atoms with van der Waals surface area (Å²) in [7, 11) is -3.79. The number of sulfonamides is 1. The second kappa shape index (κ2) is 6.98. The second-order valence-corrected chi connectivity index (χ2v) is 8.07. The van der Waals surface area contributed by atoms with Crippen LogP contribution in [-0.2, 0) is 16.4 Å². The molecule has 2 aromatic rings. The molecule has 1 aliphatic heterocycles. The van der Waals surface area contributed by atoms with E-state index in [1.807, 2.05) is 0 Å². The Labute approximate surface area is 148 Å². The van der Waals surface area contributed by atoms with Crippen LogP contribution in [0, 0.1) is 6.92 Å². The molecular formula is C15H16N2O6S2. The Kier molecular flexibility index (Phi) is 4.93. The fourth-order valence-corrected chi connectivity index (χ4v) is 4.48. The van der Waals surface area contributed by atoms with E-state index in [0.29, 0.717) is 29.5 Å². The quantitative estimate of drug-likeness (QED) is 0.774. The van der Waals surface area contributed by atoms with Crippen LogP contribution in [0.2, 0.25) is 0 Å². The molecule has 3 rings (SSSR count). The molecule has 10 heteroatoms. The van der Waals surface area contributed by atoms with Crippen molar-refractivity contribution in [2.75, 3.05) is 19.8 Å². The molecule has 2 heterocycles. The standard InChI is InChI=1S/C15H16N2O6S2/c1-9-14(15(18)19)24-12(17-9)5-6-16-25(20,21)11-4-2-3-10-13(11)23-8-7-22-10/h2-4,16H,5-8H2,1H3,(H,18,19). The second-order valence-electron chi connectivity index (χ2n) is 5.26. The van der Waals surface area contributed by atoms with E-state index in [1.165, 1.54) is 6.07 Å². The largest absolute Gasteiger partial charge is 0.486 e. The average molecular weight is 384 g/mol. The SMILES string of the molecule is Cc1nc(CCNS(=O)(=O)c2cccc3c2OCCO3)sc1C(=O)O. The number of ether oxygens (including phenoxy) is 2. The van der Waals surface area contributed by atoms with Gasteiger partial charge in [-0.15, -0.1) is 11.3 Å². The number of para-hydroxylation sites is 1. The van der Waals surface area contributed by atoms with E-state index >= 15 is 0 Å². The topological polar surface area (TPSA) is 115 Å². The molecule has 1 aromatic heterocycles. The minimum absolute atomic E-state index is 0.0197. The number of carboxylic acid groups (broad SMARTS) is 1. The maximum absolute atomic E-state index is 12.5. The molecule has 0 aliphatic carbocycles. The molecule has 2 N–H and O–H groups in total. The molecule has 0 fully saturated rings. The summed E-state index contributed by atoms with van der Waals surface area (Å²) in [5, 5.41) is 9.59. The average Bonchev–Trinajstić information content (AvgIpc) is 2.95. The van der Waals surface area contributed by atoms with Crippen LogP contribution in [0.3, 0.4) is 0 Å². The molecule has 0 saturated heterocycles. The van der Waals surface area contributed by atoms with Gasteiger partial charge < -0.3 is 14.6 Å². The van der Waals surface area contributed by atoms with Gasteiger partial charge in [-0.2, -0.15) is 0 Å². The number of hydrogen-bond donors (Lipinski definition) is 2. The van der Waals surface area contributed by atoms with Crippen molar-refractivity contribution in [3.63, 3.8) is 0 Å². The first kappa shape index (κ1) is 17.6. The van der Waals surface area contributed by atoms with Gasteiger partial charge in [0.25, 0.3) is 0 Å². The van der Waals surface area contributed by atoms with Crippen molar-refractivity contribution in [1.82, 2.24) is 9.71 Å². The number of aromatic carboxylic acids is 1. The van der Waals surface area contributed by atoms with Gasteiger partial charge in [0, 0.05) is 13.0 Å². The molecule has 0 radical (unpaired) electrons. The summed E-state index contributed by atoms with van der Waals surface area (Å²) in [6.45, 7) is 2.37. The van der Waals surface area contributed by atoms with Crippen molar-refractivity contribution in [2.45, 2.75) is 18.2 Å². The molecule has 0 saturated carbocycles. The van der Waals surface area contributed by atoms with Crippen LogP contribution in [0.4, 0.5) is 0 Å². The number of nitrogens with one attached hydrogen (secondary N) is 1. The molecule has 1 aromatic carbocycles. The predicted molar refractivity (Wildman–Crippen MR) is 90.1 cm³/mol. The van der Waals surface area contributed by atoms with Gasteiger partial charge in [-0.1, -0.05) is 6.07 Å². The Balaban J connectivity index is 1.71. The highest BCUT2D eigenvalue weighted by atomic mass is 32.2. The normalized spacial score (nSPS) is 13.6. The number of aromatic nitrogens is 1. The number of nitrogens with zero attached hydrogens (tertiary/aromatic N) is 1. The highest BCUT2D eigenvalue weighted by molar-refractivity contribution is 7.89. The van der Waals surface area contributed by atoms with E-state index < -0.39 is 16.0 Å². The van der Waals surface area contributed by atoms with Gasteiger partial charge in [-0.3, -0.25) is 0 Å². The van der Waals surface area contributed by atoms with Crippen molar-refractivity contribution in [2.24, 2.45) is 0 Å². The number of rotatable bonds is 6.